The molecule has 2 aromatic heterocycles. The fraction of sp³-hybridized carbons (Fsp3) is 0.333. The van der Waals surface area contributed by atoms with Crippen LogP contribution in [0.15, 0.2) is 35.4 Å². The Kier molecular flexibility index (Phi) is 4.23. The van der Waals surface area contributed by atoms with Crippen molar-refractivity contribution in [2.24, 2.45) is 7.05 Å². The average Bonchev–Trinajstić information content (AvgIpc) is 3.17. The van der Waals surface area contributed by atoms with Gasteiger partial charge in [0.05, 0.1) is 18.4 Å². The topological polar surface area (TPSA) is 95.9 Å². The van der Waals surface area contributed by atoms with Crippen LogP contribution in [0.2, 0.25) is 0 Å². The molecule has 1 fully saturated rings. The molecule has 3 aromatic rings. The fourth-order valence-corrected chi connectivity index (χ4v) is 3.75. The van der Waals surface area contributed by atoms with E-state index in [-0.39, 0.29) is 46.1 Å². The summed E-state index contributed by atoms with van der Waals surface area (Å²) in [7, 11) is 3.57. The van der Waals surface area contributed by atoms with Gasteiger partial charge in [0.1, 0.15) is 11.3 Å². The Morgan fingerprint density at radius 3 is 2.78 bits per heavy atom. The summed E-state index contributed by atoms with van der Waals surface area (Å²) in [6.45, 7) is 0.799. The van der Waals surface area contributed by atoms with Crippen LogP contribution in [0.3, 0.4) is 0 Å². The number of nitrogens with zero attached hydrogens (tertiary/aromatic N) is 4. The van der Waals surface area contributed by atoms with Crippen LogP contribution in [0.4, 0.5) is 4.39 Å². The molecule has 1 aliphatic rings. The molecule has 4 rings (SSSR count). The summed E-state index contributed by atoms with van der Waals surface area (Å²) in [5.74, 6) is -0.678. The molecule has 0 saturated carbocycles. The number of rotatable bonds is 3. The number of aromatic nitrogens is 4. The van der Waals surface area contributed by atoms with Crippen LogP contribution < -0.4 is 10.9 Å². The van der Waals surface area contributed by atoms with Gasteiger partial charge in [0, 0.05) is 13.6 Å². The largest absolute Gasteiger partial charge is 0.346 e. The van der Waals surface area contributed by atoms with E-state index in [4.69, 9.17) is 0 Å². The van der Waals surface area contributed by atoms with Crippen molar-refractivity contribution in [2.75, 3.05) is 13.6 Å². The second-order valence-corrected chi connectivity index (χ2v) is 6.75. The smallest absolute Gasteiger partial charge is 0.276 e. The Morgan fingerprint density at radius 2 is 2.04 bits per heavy atom. The van der Waals surface area contributed by atoms with Gasteiger partial charge in [-0.25, -0.2) is 9.37 Å². The summed E-state index contributed by atoms with van der Waals surface area (Å²) in [5, 5.41) is 7.19. The molecule has 1 aromatic carbocycles. The molecule has 0 bridgehead atoms. The van der Waals surface area contributed by atoms with Crippen molar-refractivity contribution in [1.29, 1.82) is 0 Å². The summed E-state index contributed by atoms with van der Waals surface area (Å²) in [6.07, 6.45) is 2.01. The van der Waals surface area contributed by atoms with Crippen LogP contribution in [0.1, 0.15) is 28.5 Å². The standard InChI is InChI=1S/C18H19FN6O2/c1-24-8-7-12(15(24)10-3-5-11(19)6-4-10)22-17(26)14-13-16(25(2)23-14)18(27)21-9-20-13/h3-6,9,12,15H,7-8H2,1-2H3,(H,22,26)(H,20,21,27)/t12-,15+/m1/s1. The first-order valence-corrected chi connectivity index (χ1v) is 8.62. The van der Waals surface area contributed by atoms with Gasteiger partial charge in [0.15, 0.2) is 11.2 Å². The molecule has 9 heteroatoms. The molecule has 0 spiro atoms. The Balaban J connectivity index is 1.63. The monoisotopic (exact) mass is 370 g/mol. The molecule has 2 N–H and O–H groups in total. The molecule has 0 aliphatic carbocycles. The maximum Gasteiger partial charge on any atom is 0.276 e. The Morgan fingerprint density at radius 1 is 1.30 bits per heavy atom. The van der Waals surface area contributed by atoms with Gasteiger partial charge in [-0.15, -0.1) is 0 Å². The summed E-state index contributed by atoms with van der Waals surface area (Å²) in [4.78, 5) is 33.5. The first-order valence-electron chi connectivity index (χ1n) is 8.62. The quantitative estimate of drug-likeness (QED) is 0.716. The van der Waals surface area contributed by atoms with Crippen molar-refractivity contribution in [2.45, 2.75) is 18.5 Å². The third-order valence-electron chi connectivity index (χ3n) is 5.02. The van der Waals surface area contributed by atoms with Gasteiger partial charge in [-0.1, -0.05) is 12.1 Å². The molecule has 1 saturated heterocycles. The lowest BCUT2D eigenvalue weighted by atomic mass is 10.00. The van der Waals surface area contributed by atoms with Crippen LogP contribution in [-0.4, -0.2) is 50.2 Å². The molecule has 1 amide bonds. The average molecular weight is 370 g/mol. The highest BCUT2D eigenvalue weighted by atomic mass is 19.1. The molecule has 27 heavy (non-hydrogen) atoms. The summed E-state index contributed by atoms with van der Waals surface area (Å²) in [5.41, 5.74) is 1.22. The first kappa shape index (κ1) is 17.3. The van der Waals surface area contributed by atoms with Crippen molar-refractivity contribution in [3.8, 4) is 0 Å². The SMILES string of the molecule is CN1CC[C@@H](NC(=O)c2nn(C)c3c(=O)[nH]cnc23)[C@@H]1c1ccc(F)cc1. The Hall–Kier alpha value is -3.07. The molecule has 140 valence electrons. The zero-order valence-corrected chi connectivity index (χ0v) is 14.9. The Labute approximate surface area is 154 Å². The van der Waals surface area contributed by atoms with Crippen LogP contribution >= 0.6 is 0 Å². The second-order valence-electron chi connectivity index (χ2n) is 6.75. The minimum atomic E-state index is -0.383. The first-order chi connectivity index (χ1) is 13.0. The van der Waals surface area contributed by atoms with Gasteiger partial charge in [-0.05, 0) is 31.2 Å². The number of amides is 1. The van der Waals surface area contributed by atoms with E-state index in [0.29, 0.717) is 0 Å². The number of carbonyl (C=O) groups is 1. The molecular weight excluding hydrogens is 351 g/mol. The van der Waals surface area contributed by atoms with Gasteiger partial charge < -0.3 is 10.3 Å². The van der Waals surface area contributed by atoms with Crippen LogP contribution in [0.5, 0.6) is 0 Å². The summed E-state index contributed by atoms with van der Waals surface area (Å²) >= 11 is 0. The fourth-order valence-electron chi connectivity index (χ4n) is 3.75. The third kappa shape index (κ3) is 2.99. The molecule has 0 radical (unpaired) electrons. The predicted molar refractivity (Wildman–Crippen MR) is 96.8 cm³/mol. The van der Waals surface area contributed by atoms with Gasteiger partial charge in [0.2, 0.25) is 0 Å². The lowest BCUT2D eigenvalue weighted by Crippen LogP contribution is -2.39. The number of aryl methyl sites for hydroxylation is 1. The lowest BCUT2D eigenvalue weighted by Gasteiger charge is -2.26. The maximum absolute atomic E-state index is 13.3. The number of nitrogens with one attached hydrogen (secondary N) is 2. The van der Waals surface area contributed by atoms with Crippen molar-refractivity contribution in [3.05, 3.63) is 58.0 Å². The molecule has 3 heterocycles. The van der Waals surface area contributed by atoms with Crippen molar-refractivity contribution >= 4 is 16.9 Å². The lowest BCUT2D eigenvalue weighted by molar-refractivity contribution is 0.0923. The highest BCUT2D eigenvalue weighted by Crippen LogP contribution is 2.31. The van der Waals surface area contributed by atoms with E-state index >= 15 is 0 Å². The van der Waals surface area contributed by atoms with E-state index in [1.54, 1.807) is 19.2 Å². The third-order valence-corrected chi connectivity index (χ3v) is 5.02. The number of benzene rings is 1. The van der Waals surface area contributed by atoms with E-state index in [2.05, 4.69) is 25.3 Å². The van der Waals surface area contributed by atoms with Crippen molar-refractivity contribution in [3.63, 3.8) is 0 Å². The van der Waals surface area contributed by atoms with Gasteiger partial charge in [0.25, 0.3) is 11.5 Å². The highest BCUT2D eigenvalue weighted by Gasteiger charge is 2.35. The second kappa shape index (κ2) is 6.58. The van der Waals surface area contributed by atoms with E-state index < -0.39 is 0 Å². The van der Waals surface area contributed by atoms with Crippen LogP contribution in [0, 0.1) is 5.82 Å². The minimum absolute atomic E-state index is 0.0686. The van der Waals surface area contributed by atoms with E-state index in [1.807, 2.05) is 7.05 Å². The predicted octanol–water partition coefficient (Wildman–Crippen LogP) is 0.971. The van der Waals surface area contributed by atoms with E-state index in [1.165, 1.54) is 23.1 Å². The minimum Gasteiger partial charge on any atom is -0.346 e. The van der Waals surface area contributed by atoms with Crippen LogP contribution in [-0.2, 0) is 7.05 Å². The molecular formula is C18H19FN6O2. The number of fused-ring (bicyclic) bond motifs is 1. The molecule has 8 nitrogen and oxygen atoms in total. The van der Waals surface area contributed by atoms with E-state index in [9.17, 15) is 14.0 Å². The van der Waals surface area contributed by atoms with E-state index in [0.717, 1.165) is 18.5 Å². The highest BCUT2D eigenvalue weighted by molar-refractivity contribution is 6.03. The number of aromatic amines is 1. The number of halogens is 1. The number of hydrogen-bond acceptors (Lipinski definition) is 5. The molecule has 0 unspecified atom stereocenters. The van der Waals surface area contributed by atoms with Gasteiger partial charge in [-0.3, -0.25) is 19.2 Å². The number of carbonyl (C=O) groups excluding carboxylic acids is 1. The summed E-state index contributed by atoms with van der Waals surface area (Å²) < 4.78 is 14.6. The normalized spacial score (nSPS) is 20.3. The Bertz CT molecular complexity index is 1060. The number of likely N-dealkylation sites (tertiary alicyclic amines) is 1. The van der Waals surface area contributed by atoms with Crippen molar-refractivity contribution in [1.82, 2.24) is 30.0 Å². The molecule has 1 aliphatic heterocycles. The number of hydrogen-bond donors (Lipinski definition) is 2. The zero-order valence-electron chi connectivity index (χ0n) is 14.9. The number of likely N-dealkylation sites (N-methyl/N-ethyl adjacent to an activating group) is 1. The molecule has 2 atom stereocenters. The van der Waals surface area contributed by atoms with Crippen LogP contribution in [0.25, 0.3) is 11.0 Å². The number of H-pyrrole nitrogens is 1. The van der Waals surface area contributed by atoms with Gasteiger partial charge in [-0.2, -0.15) is 5.10 Å². The summed E-state index contributed by atoms with van der Waals surface area (Å²) in [6, 6.07) is 6.08. The zero-order chi connectivity index (χ0) is 19.1. The van der Waals surface area contributed by atoms with Gasteiger partial charge >= 0.3 is 0 Å². The van der Waals surface area contributed by atoms with Crippen molar-refractivity contribution < 1.29 is 9.18 Å². The maximum atomic E-state index is 13.3.